The lowest BCUT2D eigenvalue weighted by Crippen LogP contribution is -2.40. The Balaban J connectivity index is 1.71. The Morgan fingerprint density at radius 1 is 1.12 bits per heavy atom. The number of methoxy groups -OCH3 is 1. The Bertz CT molecular complexity index is 1080. The molecule has 1 aliphatic heterocycles. The summed E-state index contributed by atoms with van der Waals surface area (Å²) < 4.78 is 38.2. The predicted molar refractivity (Wildman–Crippen MR) is 128 cm³/mol. The molecule has 0 spiro atoms. The van der Waals surface area contributed by atoms with Gasteiger partial charge in [-0.3, -0.25) is 4.79 Å². The molecule has 1 unspecified atom stereocenters. The first-order chi connectivity index (χ1) is 15.8. The molecule has 8 heteroatoms. The molecule has 0 saturated carbocycles. The van der Waals surface area contributed by atoms with Crippen molar-refractivity contribution in [3.05, 3.63) is 58.7 Å². The van der Waals surface area contributed by atoms with E-state index in [0.717, 1.165) is 12.0 Å². The van der Waals surface area contributed by atoms with Crippen molar-refractivity contribution in [1.82, 2.24) is 9.62 Å². The average Bonchev–Trinajstić information content (AvgIpc) is 2.83. The molecule has 1 heterocycles. The van der Waals surface area contributed by atoms with E-state index in [1.165, 1.54) is 15.4 Å². The predicted octanol–water partition coefficient (Wildman–Crippen LogP) is 3.53. The molecule has 0 aromatic heterocycles. The number of amides is 1. The Hall–Kier alpha value is -2.42. The van der Waals surface area contributed by atoms with Gasteiger partial charge in [-0.2, -0.15) is 4.31 Å². The number of rotatable bonds is 9. The average molecular weight is 475 g/mol. The zero-order chi connectivity index (χ0) is 24.0. The van der Waals surface area contributed by atoms with E-state index in [4.69, 9.17) is 9.47 Å². The number of benzene rings is 2. The van der Waals surface area contributed by atoms with E-state index < -0.39 is 10.0 Å². The number of ether oxygens (including phenoxy) is 2. The summed E-state index contributed by atoms with van der Waals surface area (Å²) in [6.07, 6.45) is 1.40. The molecule has 0 aliphatic carbocycles. The van der Waals surface area contributed by atoms with Crippen molar-refractivity contribution in [1.29, 1.82) is 0 Å². The largest absolute Gasteiger partial charge is 0.496 e. The topological polar surface area (TPSA) is 84.9 Å². The summed E-state index contributed by atoms with van der Waals surface area (Å²) in [6, 6.07) is 11.0. The normalized spacial score (nSPS) is 15.8. The zero-order valence-electron chi connectivity index (χ0n) is 19.9. The van der Waals surface area contributed by atoms with Gasteiger partial charge in [-0.15, -0.1) is 0 Å². The number of nitrogens with zero attached hydrogens (tertiary/aromatic N) is 1. The van der Waals surface area contributed by atoms with Crippen molar-refractivity contribution in [2.24, 2.45) is 0 Å². The highest BCUT2D eigenvalue weighted by Crippen LogP contribution is 2.26. The van der Waals surface area contributed by atoms with E-state index in [0.29, 0.717) is 44.0 Å². The molecule has 3 rings (SSSR count). The van der Waals surface area contributed by atoms with Gasteiger partial charge < -0.3 is 14.8 Å². The second kappa shape index (κ2) is 11.1. The highest BCUT2D eigenvalue weighted by Gasteiger charge is 2.27. The molecule has 1 aliphatic rings. The maximum absolute atomic E-state index is 13.0. The van der Waals surface area contributed by atoms with Crippen molar-refractivity contribution >= 4 is 15.9 Å². The molecular formula is C25H34N2O5S. The first-order valence-corrected chi connectivity index (χ1v) is 12.8. The molecule has 180 valence electrons. The third kappa shape index (κ3) is 6.13. The van der Waals surface area contributed by atoms with E-state index in [1.807, 2.05) is 6.92 Å². The van der Waals surface area contributed by atoms with Crippen LogP contribution in [0.4, 0.5) is 0 Å². The third-order valence-electron chi connectivity index (χ3n) is 6.16. The molecular weight excluding hydrogens is 440 g/mol. The summed E-state index contributed by atoms with van der Waals surface area (Å²) >= 11 is 0. The van der Waals surface area contributed by atoms with Crippen LogP contribution in [0.15, 0.2) is 41.3 Å². The van der Waals surface area contributed by atoms with Gasteiger partial charge in [-0.05, 0) is 67.1 Å². The van der Waals surface area contributed by atoms with Crippen LogP contribution in [0.2, 0.25) is 0 Å². The maximum Gasteiger partial charge on any atom is 0.243 e. The molecule has 1 fully saturated rings. The van der Waals surface area contributed by atoms with Crippen LogP contribution in [0.3, 0.4) is 0 Å². The number of morpholine rings is 1. The number of carbonyl (C=O) groups is 1. The highest BCUT2D eigenvalue weighted by molar-refractivity contribution is 7.89. The third-order valence-corrected chi connectivity index (χ3v) is 8.05. The number of hydrogen-bond donors (Lipinski definition) is 1. The minimum Gasteiger partial charge on any atom is -0.496 e. The van der Waals surface area contributed by atoms with Gasteiger partial charge in [0.2, 0.25) is 15.9 Å². The minimum atomic E-state index is -3.62. The van der Waals surface area contributed by atoms with Gasteiger partial charge in [0.25, 0.3) is 0 Å². The van der Waals surface area contributed by atoms with Crippen LogP contribution in [0.25, 0.3) is 0 Å². The van der Waals surface area contributed by atoms with Gasteiger partial charge in [-0.25, -0.2) is 8.42 Å². The quantitative estimate of drug-likeness (QED) is 0.601. The molecule has 1 atom stereocenters. The van der Waals surface area contributed by atoms with Crippen LogP contribution in [0.5, 0.6) is 5.75 Å². The molecule has 1 saturated heterocycles. The Morgan fingerprint density at radius 2 is 1.85 bits per heavy atom. The standard InChI is InChI=1S/C25H34N2O5S/c1-5-23(20-7-6-18(2)19(3)16-20)26-25(28)11-8-21-17-22(9-10-24(21)31-4)33(29,30)27-12-14-32-15-13-27/h6-7,9-10,16-17,23H,5,8,11-15H2,1-4H3,(H,26,28). The maximum atomic E-state index is 13.0. The smallest absolute Gasteiger partial charge is 0.243 e. The van der Waals surface area contributed by atoms with Crippen LogP contribution in [-0.4, -0.2) is 52.0 Å². The number of nitrogens with one attached hydrogen (secondary N) is 1. The van der Waals surface area contributed by atoms with Gasteiger partial charge >= 0.3 is 0 Å². The Morgan fingerprint density at radius 3 is 2.48 bits per heavy atom. The van der Waals surface area contributed by atoms with Crippen molar-refractivity contribution in [2.75, 3.05) is 33.4 Å². The zero-order valence-corrected chi connectivity index (χ0v) is 20.7. The molecule has 0 bridgehead atoms. The fourth-order valence-electron chi connectivity index (χ4n) is 3.96. The van der Waals surface area contributed by atoms with Crippen LogP contribution < -0.4 is 10.1 Å². The van der Waals surface area contributed by atoms with Gasteiger partial charge in [0.05, 0.1) is 31.3 Å². The molecule has 33 heavy (non-hydrogen) atoms. The summed E-state index contributed by atoms with van der Waals surface area (Å²) in [7, 11) is -2.07. The molecule has 0 radical (unpaired) electrons. The SMILES string of the molecule is CCC(NC(=O)CCc1cc(S(=O)(=O)N2CCOCC2)ccc1OC)c1ccc(C)c(C)c1. The van der Waals surface area contributed by atoms with Gasteiger partial charge in [0.1, 0.15) is 5.75 Å². The second-order valence-corrected chi connectivity index (χ2v) is 10.3. The van der Waals surface area contributed by atoms with Gasteiger partial charge in [0, 0.05) is 19.5 Å². The summed E-state index contributed by atoms with van der Waals surface area (Å²) in [5, 5.41) is 3.11. The van der Waals surface area contributed by atoms with E-state index in [9.17, 15) is 13.2 Å². The number of sulfonamides is 1. The molecule has 2 aromatic rings. The van der Waals surface area contributed by atoms with Crippen molar-refractivity contribution in [2.45, 2.75) is 51.0 Å². The first-order valence-electron chi connectivity index (χ1n) is 11.4. The van der Waals surface area contributed by atoms with E-state index in [1.54, 1.807) is 25.3 Å². The van der Waals surface area contributed by atoms with E-state index >= 15 is 0 Å². The van der Waals surface area contributed by atoms with Crippen molar-refractivity contribution in [3.8, 4) is 5.75 Å². The molecule has 1 amide bonds. The lowest BCUT2D eigenvalue weighted by atomic mass is 9.99. The number of hydrogen-bond acceptors (Lipinski definition) is 5. The van der Waals surface area contributed by atoms with E-state index in [-0.39, 0.29) is 23.3 Å². The summed E-state index contributed by atoms with van der Waals surface area (Å²) in [4.78, 5) is 13.0. The number of aryl methyl sites for hydroxylation is 3. The van der Waals surface area contributed by atoms with Crippen molar-refractivity contribution < 1.29 is 22.7 Å². The minimum absolute atomic E-state index is 0.0632. The summed E-state index contributed by atoms with van der Waals surface area (Å²) in [6.45, 7) is 7.63. The monoisotopic (exact) mass is 474 g/mol. The van der Waals surface area contributed by atoms with Crippen LogP contribution in [0, 0.1) is 13.8 Å². The van der Waals surface area contributed by atoms with Crippen molar-refractivity contribution in [3.63, 3.8) is 0 Å². The number of carbonyl (C=O) groups excluding carboxylic acids is 1. The first kappa shape index (κ1) is 25.2. The van der Waals surface area contributed by atoms with Gasteiger partial charge in [-0.1, -0.05) is 25.1 Å². The molecule has 7 nitrogen and oxygen atoms in total. The highest BCUT2D eigenvalue weighted by atomic mass is 32.2. The van der Waals surface area contributed by atoms with Gasteiger partial charge in [0.15, 0.2) is 0 Å². The Labute approximate surface area is 197 Å². The summed E-state index contributed by atoms with van der Waals surface area (Å²) in [5.74, 6) is 0.494. The molecule has 1 N–H and O–H groups in total. The summed E-state index contributed by atoms with van der Waals surface area (Å²) in [5.41, 5.74) is 4.20. The van der Waals surface area contributed by atoms with Crippen LogP contribution >= 0.6 is 0 Å². The lowest BCUT2D eigenvalue weighted by molar-refractivity contribution is -0.121. The van der Waals surface area contributed by atoms with Crippen LogP contribution in [-0.2, 0) is 26.0 Å². The van der Waals surface area contributed by atoms with Crippen LogP contribution in [0.1, 0.15) is 48.1 Å². The fourth-order valence-corrected chi connectivity index (χ4v) is 5.42. The van der Waals surface area contributed by atoms with E-state index in [2.05, 4.69) is 37.4 Å². The second-order valence-electron chi connectivity index (χ2n) is 8.36. The lowest BCUT2D eigenvalue weighted by Gasteiger charge is -2.26. The molecule has 2 aromatic carbocycles. The Kier molecular flexibility index (Phi) is 8.51. The fraction of sp³-hybridized carbons (Fsp3) is 0.480.